The zero-order valence-electron chi connectivity index (χ0n) is 16.8. The maximum Gasteiger partial charge on any atom is 0.219 e. The average Bonchev–Trinajstić information content (AvgIpc) is 3.14. The molecule has 2 N–H and O–H groups in total. The van der Waals surface area contributed by atoms with E-state index in [1.807, 2.05) is 30.5 Å². The molecule has 3 atom stereocenters. The fraction of sp³-hybridized carbons (Fsp3) is 0.619. The minimum atomic E-state index is -0.357. The van der Waals surface area contributed by atoms with E-state index in [-0.39, 0.29) is 36.0 Å². The molecule has 0 saturated carbocycles. The topological polar surface area (TPSA) is 72.6 Å². The van der Waals surface area contributed by atoms with Gasteiger partial charge in [-0.25, -0.2) is 0 Å². The van der Waals surface area contributed by atoms with Gasteiger partial charge in [0.15, 0.2) is 5.78 Å². The van der Waals surface area contributed by atoms with Crippen LogP contribution in [0.2, 0.25) is 0 Å². The molecular weight excluding hydrogens is 360 g/mol. The van der Waals surface area contributed by atoms with E-state index in [1.54, 1.807) is 23.2 Å². The molecule has 0 radical (unpaired) electrons. The highest BCUT2D eigenvalue weighted by Crippen LogP contribution is 2.28. The van der Waals surface area contributed by atoms with Crippen LogP contribution in [-0.2, 0) is 20.7 Å². The van der Waals surface area contributed by atoms with Crippen LogP contribution in [0.25, 0.3) is 0 Å². The number of hydrogen-bond donors (Lipinski definition) is 1. The van der Waals surface area contributed by atoms with Gasteiger partial charge in [0.2, 0.25) is 5.91 Å². The van der Waals surface area contributed by atoms with Crippen molar-refractivity contribution in [3.05, 3.63) is 34.0 Å². The summed E-state index contributed by atoms with van der Waals surface area (Å²) in [5.41, 5.74) is 7.20. The number of carbonyl (C=O) groups excluding carboxylic acids is 2. The molecule has 0 unspecified atom stereocenters. The number of amides is 1. The van der Waals surface area contributed by atoms with Crippen LogP contribution >= 0.6 is 11.3 Å². The number of ether oxygens (including phenoxy) is 1. The van der Waals surface area contributed by atoms with Crippen LogP contribution in [-0.4, -0.2) is 47.4 Å². The Hall–Kier alpha value is -1.50. The molecule has 1 aromatic heterocycles. The van der Waals surface area contributed by atoms with Crippen molar-refractivity contribution >= 4 is 23.0 Å². The maximum absolute atomic E-state index is 12.8. The summed E-state index contributed by atoms with van der Waals surface area (Å²) < 4.78 is 6.32. The molecule has 1 aliphatic rings. The maximum atomic E-state index is 12.8. The largest absolute Gasteiger partial charge is 0.369 e. The minimum Gasteiger partial charge on any atom is -0.369 e. The molecule has 0 fully saturated rings. The molecule has 0 spiro atoms. The highest BCUT2D eigenvalue weighted by molar-refractivity contribution is 7.10. The molecule has 2 rings (SSSR count). The van der Waals surface area contributed by atoms with Gasteiger partial charge in [-0.2, -0.15) is 0 Å². The number of carbonyl (C=O) groups is 2. The SMILES string of the molecule is CCC(CC)O[C@@H]1C=C(C(=O)Cc2cccs2)C[C@H](N)[C@H]1N(CC)C(C)=O. The summed E-state index contributed by atoms with van der Waals surface area (Å²) in [6.45, 7) is 8.25. The van der Waals surface area contributed by atoms with Gasteiger partial charge in [-0.1, -0.05) is 19.9 Å². The fourth-order valence-electron chi connectivity index (χ4n) is 3.75. The standard InChI is InChI=1S/C21H32N2O3S/c1-5-16(6-2)26-20-12-15(19(25)13-17-9-8-10-27-17)11-18(22)21(20)23(7-3)14(4)24/h8-10,12,16,18,20-21H,5-7,11,13,22H2,1-4H3/t18-,20+,21+/m0/s1. The highest BCUT2D eigenvalue weighted by Gasteiger charge is 2.39. The number of rotatable bonds is 9. The lowest BCUT2D eigenvalue weighted by molar-refractivity contribution is -0.136. The average molecular weight is 393 g/mol. The Morgan fingerprint density at radius 3 is 2.56 bits per heavy atom. The Morgan fingerprint density at radius 1 is 1.33 bits per heavy atom. The zero-order chi connectivity index (χ0) is 20.0. The first-order valence-corrected chi connectivity index (χ1v) is 10.7. The molecule has 6 heteroatoms. The van der Waals surface area contributed by atoms with Crippen LogP contribution in [0.4, 0.5) is 0 Å². The minimum absolute atomic E-state index is 0.0159. The normalized spacial score (nSPS) is 22.6. The van der Waals surface area contributed by atoms with Crippen molar-refractivity contribution in [3.63, 3.8) is 0 Å². The Balaban J connectivity index is 2.29. The molecule has 0 aliphatic heterocycles. The smallest absolute Gasteiger partial charge is 0.219 e. The fourth-order valence-corrected chi connectivity index (χ4v) is 4.45. The monoisotopic (exact) mass is 392 g/mol. The van der Waals surface area contributed by atoms with Crippen molar-refractivity contribution in [1.82, 2.24) is 4.90 Å². The van der Waals surface area contributed by atoms with Crippen LogP contribution in [0.3, 0.4) is 0 Å². The first-order valence-electron chi connectivity index (χ1n) is 9.85. The third-order valence-corrected chi connectivity index (χ3v) is 6.11. The number of ketones is 1. The van der Waals surface area contributed by atoms with E-state index >= 15 is 0 Å². The van der Waals surface area contributed by atoms with E-state index in [2.05, 4.69) is 13.8 Å². The summed E-state index contributed by atoms with van der Waals surface area (Å²) in [6, 6.07) is 3.36. The van der Waals surface area contributed by atoms with Gasteiger partial charge < -0.3 is 15.4 Å². The first-order chi connectivity index (χ1) is 12.9. The Labute approximate surface area is 166 Å². The molecule has 1 aromatic rings. The number of thiophene rings is 1. The van der Waals surface area contributed by atoms with Crippen molar-refractivity contribution in [1.29, 1.82) is 0 Å². The third kappa shape index (κ3) is 5.50. The van der Waals surface area contributed by atoms with Gasteiger partial charge >= 0.3 is 0 Å². The molecule has 150 valence electrons. The van der Waals surface area contributed by atoms with Crippen LogP contribution in [0.15, 0.2) is 29.2 Å². The molecule has 0 aromatic carbocycles. The second-order valence-electron chi connectivity index (χ2n) is 7.07. The number of likely N-dealkylation sites (N-methyl/N-ethyl adjacent to an activating group) is 1. The van der Waals surface area contributed by atoms with Gasteiger partial charge in [0.25, 0.3) is 0 Å². The lowest BCUT2D eigenvalue weighted by atomic mass is 9.84. The second kappa shape index (κ2) is 10.2. The Bertz CT molecular complexity index is 652. The van der Waals surface area contributed by atoms with Gasteiger partial charge in [0.1, 0.15) is 0 Å². The van der Waals surface area contributed by atoms with E-state index in [9.17, 15) is 9.59 Å². The van der Waals surface area contributed by atoms with E-state index in [0.717, 1.165) is 23.3 Å². The molecule has 27 heavy (non-hydrogen) atoms. The number of nitrogens with two attached hydrogens (primary N) is 1. The quantitative estimate of drug-likeness (QED) is 0.700. The van der Waals surface area contributed by atoms with Crippen molar-refractivity contribution in [2.75, 3.05) is 6.54 Å². The van der Waals surface area contributed by atoms with Crippen molar-refractivity contribution in [2.24, 2.45) is 5.73 Å². The van der Waals surface area contributed by atoms with Gasteiger partial charge in [0, 0.05) is 30.8 Å². The molecule has 1 amide bonds. The number of nitrogens with zero attached hydrogens (tertiary/aromatic N) is 1. The highest BCUT2D eigenvalue weighted by atomic mass is 32.1. The molecular formula is C21H32N2O3S. The summed E-state index contributed by atoms with van der Waals surface area (Å²) in [5, 5.41) is 1.98. The Kier molecular flexibility index (Phi) is 8.20. The van der Waals surface area contributed by atoms with Gasteiger partial charge in [-0.05, 0) is 49.3 Å². The molecule has 5 nitrogen and oxygen atoms in total. The molecule has 0 bridgehead atoms. The lowest BCUT2D eigenvalue weighted by Crippen LogP contribution is -2.58. The van der Waals surface area contributed by atoms with Crippen molar-refractivity contribution < 1.29 is 14.3 Å². The van der Waals surface area contributed by atoms with Crippen LogP contribution in [0.1, 0.15) is 51.8 Å². The molecule has 0 saturated heterocycles. The molecule has 1 heterocycles. The van der Waals surface area contributed by atoms with E-state index < -0.39 is 0 Å². The van der Waals surface area contributed by atoms with Crippen molar-refractivity contribution in [3.8, 4) is 0 Å². The van der Waals surface area contributed by atoms with Gasteiger partial charge in [-0.15, -0.1) is 11.3 Å². The third-order valence-electron chi connectivity index (χ3n) is 5.23. The summed E-state index contributed by atoms with van der Waals surface area (Å²) >= 11 is 1.58. The van der Waals surface area contributed by atoms with Crippen LogP contribution in [0.5, 0.6) is 0 Å². The van der Waals surface area contributed by atoms with Crippen LogP contribution in [0, 0.1) is 0 Å². The summed E-state index contributed by atoms with van der Waals surface area (Å²) in [4.78, 5) is 27.8. The van der Waals surface area contributed by atoms with E-state index in [4.69, 9.17) is 10.5 Å². The zero-order valence-corrected chi connectivity index (χ0v) is 17.6. The van der Waals surface area contributed by atoms with E-state index in [0.29, 0.717) is 19.4 Å². The number of hydrogen-bond acceptors (Lipinski definition) is 5. The summed E-state index contributed by atoms with van der Waals surface area (Å²) in [5.74, 6) is 0.0771. The number of Topliss-reactive ketones (excluding diaryl/α,β-unsaturated/α-hetero) is 1. The summed E-state index contributed by atoms with van der Waals surface area (Å²) in [7, 11) is 0. The van der Waals surface area contributed by atoms with Crippen LogP contribution < -0.4 is 5.73 Å². The second-order valence-corrected chi connectivity index (χ2v) is 8.11. The van der Waals surface area contributed by atoms with Gasteiger partial charge in [0.05, 0.1) is 18.2 Å². The predicted molar refractivity (Wildman–Crippen MR) is 110 cm³/mol. The predicted octanol–water partition coefficient (Wildman–Crippen LogP) is 3.33. The first kappa shape index (κ1) is 21.8. The van der Waals surface area contributed by atoms with Crippen molar-refractivity contribution in [2.45, 2.75) is 77.7 Å². The summed E-state index contributed by atoms with van der Waals surface area (Å²) in [6.07, 6.45) is 4.28. The molecule has 1 aliphatic carbocycles. The Morgan fingerprint density at radius 2 is 2.04 bits per heavy atom. The lowest BCUT2D eigenvalue weighted by Gasteiger charge is -2.42. The van der Waals surface area contributed by atoms with Gasteiger partial charge in [-0.3, -0.25) is 9.59 Å². The van der Waals surface area contributed by atoms with E-state index in [1.165, 1.54) is 0 Å².